The first-order valence-corrected chi connectivity index (χ1v) is 12.6. The Morgan fingerprint density at radius 3 is 1.53 bits per heavy atom. The number of guanidine groups is 2. The maximum atomic E-state index is 13.5. The highest BCUT2D eigenvalue weighted by Crippen LogP contribution is 2.24. The van der Waals surface area contributed by atoms with Crippen molar-refractivity contribution in [2.75, 3.05) is 26.2 Å². The highest BCUT2D eigenvalue weighted by Gasteiger charge is 2.43. The van der Waals surface area contributed by atoms with Crippen molar-refractivity contribution in [1.29, 1.82) is 10.8 Å². The lowest BCUT2D eigenvalue weighted by Crippen LogP contribution is -2.61. The van der Waals surface area contributed by atoms with Crippen LogP contribution in [0.15, 0.2) is 0 Å². The number of carbonyl (C=O) groups is 4. The average molecular weight is 507 g/mol. The van der Waals surface area contributed by atoms with E-state index in [0.717, 1.165) is 0 Å². The predicted octanol–water partition coefficient (Wildman–Crippen LogP) is -2.52. The minimum Gasteiger partial charge on any atom is -0.370 e. The lowest BCUT2D eigenvalue weighted by molar-refractivity contribution is -0.147. The summed E-state index contributed by atoms with van der Waals surface area (Å²) < 4.78 is 0. The number of carbonyl (C=O) groups excluding carboxylic acids is 4. The lowest BCUT2D eigenvalue weighted by Gasteiger charge is -2.34. The van der Waals surface area contributed by atoms with Crippen LogP contribution in [0.3, 0.4) is 0 Å². The number of nitrogens with zero attached hydrogens (tertiary/aromatic N) is 2. The minimum atomic E-state index is -0.843. The molecule has 3 rings (SSSR count). The van der Waals surface area contributed by atoms with Gasteiger partial charge in [-0.25, -0.2) is 0 Å². The average Bonchev–Trinajstić information content (AvgIpc) is 3.51. The van der Waals surface area contributed by atoms with Gasteiger partial charge in [-0.05, 0) is 51.4 Å². The van der Waals surface area contributed by atoms with Gasteiger partial charge in [0.1, 0.15) is 24.2 Å². The van der Waals surface area contributed by atoms with Crippen molar-refractivity contribution in [2.45, 2.75) is 75.5 Å². The molecule has 0 spiro atoms. The second-order valence-electron chi connectivity index (χ2n) is 9.47. The normalized spacial score (nSPS) is 26.8. The molecule has 3 fully saturated rings. The number of nitrogens with two attached hydrogens (primary N) is 2. The molecule has 3 aliphatic heterocycles. The molecule has 3 aliphatic rings. The van der Waals surface area contributed by atoms with E-state index >= 15 is 0 Å². The van der Waals surface area contributed by atoms with E-state index in [4.69, 9.17) is 22.3 Å². The van der Waals surface area contributed by atoms with Gasteiger partial charge in [0.15, 0.2) is 11.9 Å². The summed E-state index contributed by atoms with van der Waals surface area (Å²) in [6.45, 7) is 1.53. The number of hydrogen-bond acceptors (Lipinski definition) is 6. The number of nitrogens with one attached hydrogen (secondary N) is 6. The van der Waals surface area contributed by atoms with Gasteiger partial charge in [-0.15, -0.1) is 0 Å². The van der Waals surface area contributed by atoms with Crippen LogP contribution in [0, 0.1) is 10.8 Å². The van der Waals surface area contributed by atoms with E-state index in [1.807, 2.05) is 0 Å². The Hall–Kier alpha value is -3.58. The van der Waals surface area contributed by atoms with E-state index in [1.165, 1.54) is 9.80 Å². The first-order valence-electron chi connectivity index (χ1n) is 12.6. The van der Waals surface area contributed by atoms with E-state index in [1.54, 1.807) is 0 Å². The number of amides is 4. The molecule has 0 aliphatic carbocycles. The SMILES string of the molecule is N=C(N)NCCCC1NC(=O)C2CCCN2C(=O)C(CCCNC(=N)N)NC(=O)C2CCCN2C1=O. The zero-order chi connectivity index (χ0) is 26.2. The summed E-state index contributed by atoms with van der Waals surface area (Å²) in [4.78, 5) is 56.6. The van der Waals surface area contributed by atoms with Crippen molar-refractivity contribution in [3.8, 4) is 0 Å². The Morgan fingerprint density at radius 2 is 1.17 bits per heavy atom. The zero-order valence-corrected chi connectivity index (χ0v) is 20.5. The third-order valence-corrected chi connectivity index (χ3v) is 6.88. The molecule has 3 heterocycles. The third kappa shape index (κ3) is 6.76. The van der Waals surface area contributed by atoms with E-state index in [2.05, 4.69) is 21.3 Å². The fourth-order valence-corrected chi connectivity index (χ4v) is 5.12. The molecule has 0 saturated carbocycles. The Bertz CT molecular complexity index is 811. The molecule has 14 heteroatoms. The first-order chi connectivity index (χ1) is 17.2. The zero-order valence-electron chi connectivity index (χ0n) is 20.5. The molecule has 3 saturated heterocycles. The van der Waals surface area contributed by atoms with Crippen LogP contribution in [-0.4, -0.2) is 95.7 Å². The standard InChI is InChI=1S/C22H38N10O4/c23-21(24)27-9-1-5-13-19(35)31-11-3-8-16(31)18(34)30-14(6-2-10-28-22(25)26)20(36)32-12-4-7-15(32)17(33)29-13/h13-16H,1-12H2,(H,29,33)(H,30,34)(H4,23,24,27)(H4,25,26,28). The molecule has 10 N–H and O–H groups in total. The summed E-state index contributed by atoms with van der Waals surface area (Å²) in [5.41, 5.74) is 10.6. The van der Waals surface area contributed by atoms with Crippen LogP contribution in [0.1, 0.15) is 51.4 Å². The fourth-order valence-electron chi connectivity index (χ4n) is 5.12. The summed E-state index contributed by atoms with van der Waals surface area (Å²) >= 11 is 0. The third-order valence-electron chi connectivity index (χ3n) is 6.88. The smallest absolute Gasteiger partial charge is 0.245 e. The second kappa shape index (κ2) is 12.4. The topological polar surface area (TPSA) is 223 Å². The fraction of sp³-hybridized carbons (Fsp3) is 0.727. The van der Waals surface area contributed by atoms with Gasteiger partial charge in [-0.3, -0.25) is 30.0 Å². The molecule has 0 bridgehead atoms. The Balaban J connectivity index is 1.82. The molecule has 4 unspecified atom stereocenters. The van der Waals surface area contributed by atoms with Gasteiger partial charge in [-0.1, -0.05) is 0 Å². The van der Waals surface area contributed by atoms with Crippen molar-refractivity contribution in [3.63, 3.8) is 0 Å². The second-order valence-corrected chi connectivity index (χ2v) is 9.47. The van der Waals surface area contributed by atoms with Crippen LogP contribution >= 0.6 is 0 Å². The monoisotopic (exact) mass is 506 g/mol. The predicted molar refractivity (Wildman–Crippen MR) is 132 cm³/mol. The van der Waals surface area contributed by atoms with Gasteiger partial charge in [-0.2, -0.15) is 0 Å². The highest BCUT2D eigenvalue weighted by molar-refractivity contribution is 5.98. The molecule has 0 aromatic heterocycles. The minimum absolute atomic E-state index is 0.174. The van der Waals surface area contributed by atoms with Crippen LogP contribution < -0.4 is 32.7 Å². The number of hydrogen-bond donors (Lipinski definition) is 8. The Kier molecular flexibility index (Phi) is 9.31. The van der Waals surface area contributed by atoms with Crippen LogP contribution in [0.5, 0.6) is 0 Å². The summed E-state index contributed by atoms with van der Waals surface area (Å²) in [6.07, 6.45) is 3.81. The molecular formula is C22H38N10O4. The Labute approximate surface area is 210 Å². The summed E-state index contributed by atoms with van der Waals surface area (Å²) in [7, 11) is 0. The quantitative estimate of drug-likeness (QED) is 0.0993. The maximum Gasteiger partial charge on any atom is 0.245 e. The van der Waals surface area contributed by atoms with Crippen LogP contribution in [0.25, 0.3) is 0 Å². The van der Waals surface area contributed by atoms with Crippen molar-refractivity contribution < 1.29 is 19.2 Å². The van der Waals surface area contributed by atoms with Crippen molar-refractivity contribution >= 4 is 35.5 Å². The largest absolute Gasteiger partial charge is 0.370 e. The molecule has 4 amide bonds. The molecule has 0 aromatic carbocycles. The van der Waals surface area contributed by atoms with E-state index < -0.39 is 24.2 Å². The maximum absolute atomic E-state index is 13.5. The van der Waals surface area contributed by atoms with Gasteiger partial charge in [0, 0.05) is 26.2 Å². The summed E-state index contributed by atoms with van der Waals surface area (Å²) in [6, 6.07) is -3.12. The van der Waals surface area contributed by atoms with Gasteiger partial charge < -0.3 is 42.5 Å². The lowest BCUT2D eigenvalue weighted by atomic mass is 10.0. The first kappa shape index (κ1) is 27.0. The number of fused-ring (bicyclic) bond motifs is 2. The van der Waals surface area contributed by atoms with Crippen LogP contribution in [0.4, 0.5) is 0 Å². The van der Waals surface area contributed by atoms with E-state index in [-0.39, 0.29) is 35.5 Å². The molecule has 14 nitrogen and oxygen atoms in total. The number of rotatable bonds is 8. The summed E-state index contributed by atoms with van der Waals surface area (Å²) in [5.74, 6) is -1.74. The molecule has 0 aromatic rings. The molecule has 4 atom stereocenters. The van der Waals surface area contributed by atoms with Crippen molar-refractivity contribution in [1.82, 2.24) is 31.1 Å². The molecule has 0 radical (unpaired) electrons. The van der Waals surface area contributed by atoms with Gasteiger partial charge in [0.2, 0.25) is 23.6 Å². The van der Waals surface area contributed by atoms with Crippen LogP contribution in [0.2, 0.25) is 0 Å². The molecule has 36 heavy (non-hydrogen) atoms. The van der Waals surface area contributed by atoms with Gasteiger partial charge in [0.05, 0.1) is 0 Å². The summed E-state index contributed by atoms with van der Waals surface area (Å²) in [5, 5.41) is 25.7. The molecular weight excluding hydrogens is 468 g/mol. The van der Waals surface area contributed by atoms with Gasteiger partial charge >= 0.3 is 0 Å². The van der Waals surface area contributed by atoms with Crippen LogP contribution in [-0.2, 0) is 19.2 Å². The highest BCUT2D eigenvalue weighted by atomic mass is 16.2. The van der Waals surface area contributed by atoms with E-state index in [0.29, 0.717) is 77.5 Å². The Morgan fingerprint density at radius 1 is 0.778 bits per heavy atom. The van der Waals surface area contributed by atoms with Crippen molar-refractivity contribution in [3.05, 3.63) is 0 Å². The van der Waals surface area contributed by atoms with Gasteiger partial charge in [0.25, 0.3) is 0 Å². The molecule has 200 valence electrons. The van der Waals surface area contributed by atoms with E-state index in [9.17, 15) is 19.2 Å². The van der Waals surface area contributed by atoms with Crippen molar-refractivity contribution in [2.24, 2.45) is 11.5 Å².